The van der Waals surface area contributed by atoms with Gasteiger partial charge in [0.25, 0.3) is 0 Å². The van der Waals surface area contributed by atoms with Crippen molar-refractivity contribution in [1.29, 1.82) is 0 Å². The van der Waals surface area contributed by atoms with E-state index in [4.69, 9.17) is 0 Å². The number of allylic oxidation sites excluding steroid dienone is 4. The third-order valence-electron chi connectivity index (χ3n) is 6.22. The van der Waals surface area contributed by atoms with Crippen LogP contribution in [0.4, 0.5) is 0 Å². The summed E-state index contributed by atoms with van der Waals surface area (Å²) in [6, 6.07) is 43.1. The van der Waals surface area contributed by atoms with Crippen molar-refractivity contribution in [2.45, 2.75) is 10.8 Å². The Balaban J connectivity index is 1.72. The topological polar surface area (TPSA) is 0 Å². The molecule has 0 heterocycles. The van der Waals surface area contributed by atoms with E-state index in [-0.39, 0.29) is 10.8 Å². The lowest BCUT2D eigenvalue weighted by Gasteiger charge is -2.38. The molecule has 0 N–H and O–H groups in total. The molecule has 0 bridgehead atoms. The summed E-state index contributed by atoms with van der Waals surface area (Å²) in [7, 11) is 0. The van der Waals surface area contributed by atoms with E-state index in [9.17, 15) is 0 Å². The SMILES string of the molecule is C1=CC(c2ccccc2)(c2ccccc2)C=CC1(c1ccccc1)c1ccccc1. The third kappa shape index (κ3) is 3.02. The fourth-order valence-corrected chi connectivity index (χ4v) is 4.60. The Morgan fingerprint density at radius 3 is 0.667 bits per heavy atom. The number of hydrogen-bond acceptors (Lipinski definition) is 0. The van der Waals surface area contributed by atoms with E-state index in [1.165, 1.54) is 22.3 Å². The molecule has 0 saturated heterocycles. The minimum absolute atomic E-state index is 0.282. The first-order valence-corrected chi connectivity index (χ1v) is 10.5. The van der Waals surface area contributed by atoms with E-state index in [0.29, 0.717) is 0 Å². The van der Waals surface area contributed by atoms with Crippen LogP contribution in [0, 0.1) is 0 Å². The van der Waals surface area contributed by atoms with Gasteiger partial charge in [0.1, 0.15) is 0 Å². The molecule has 0 radical (unpaired) electrons. The minimum atomic E-state index is -0.282. The highest BCUT2D eigenvalue weighted by atomic mass is 14.4. The Bertz CT molecular complexity index is 962. The Labute approximate surface area is 178 Å². The maximum atomic E-state index is 2.39. The largest absolute Gasteiger partial charge is 0.0683 e. The molecule has 1 aliphatic rings. The van der Waals surface area contributed by atoms with Crippen molar-refractivity contribution in [3.8, 4) is 0 Å². The molecule has 0 amide bonds. The molecule has 4 aromatic rings. The Morgan fingerprint density at radius 1 is 0.267 bits per heavy atom. The summed E-state index contributed by atoms with van der Waals surface area (Å²) < 4.78 is 0. The van der Waals surface area contributed by atoms with Gasteiger partial charge < -0.3 is 0 Å². The first-order chi connectivity index (χ1) is 14.8. The molecule has 5 rings (SSSR count). The van der Waals surface area contributed by atoms with E-state index in [2.05, 4.69) is 146 Å². The van der Waals surface area contributed by atoms with Crippen molar-refractivity contribution in [2.24, 2.45) is 0 Å². The van der Waals surface area contributed by atoms with Crippen LogP contribution >= 0.6 is 0 Å². The smallest absolute Gasteiger partial charge is 0.0563 e. The maximum Gasteiger partial charge on any atom is 0.0563 e. The van der Waals surface area contributed by atoms with Crippen molar-refractivity contribution in [2.75, 3.05) is 0 Å². The molecular formula is C30H24. The number of rotatable bonds is 4. The second-order valence-electron chi connectivity index (χ2n) is 7.87. The van der Waals surface area contributed by atoms with E-state index < -0.39 is 0 Å². The lowest BCUT2D eigenvalue weighted by Crippen LogP contribution is -2.32. The Morgan fingerprint density at radius 2 is 0.467 bits per heavy atom. The van der Waals surface area contributed by atoms with Gasteiger partial charge in [0.2, 0.25) is 0 Å². The summed E-state index contributed by atoms with van der Waals surface area (Å²) in [5.41, 5.74) is 4.54. The van der Waals surface area contributed by atoms with Crippen molar-refractivity contribution in [3.05, 3.63) is 168 Å². The van der Waals surface area contributed by atoms with Gasteiger partial charge in [-0.1, -0.05) is 146 Å². The van der Waals surface area contributed by atoms with Gasteiger partial charge in [-0.2, -0.15) is 0 Å². The Hall–Kier alpha value is -3.64. The van der Waals surface area contributed by atoms with Crippen LogP contribution in [0.1, 0.15) is 22.3 Å². The fraction of sp³-hybridized carbons (Fsp3) is 0.0667. The average Bonchev–Trinajstić information content (AvgIpc) is 2.86. The average molecular weight is 385 g/mol. The van der Waals surface area contributed by atoms with Crippen LogP contribution in [0.5, 0.6) is 0 Å². The fourth-order valence-electron chi connectivity index (χ4n) is 4.60. The zero-order valence-corrected chi connectivity index (χ0v) is 16.9. The van der Waals surface area contributed by atoms with E-state index in [0.717, 1.165) is 0 Å². The van der Waals surface area contributed by atoms with Crippen LogP contribution in [0.25, 0.3) is 0 Å². The van der Waals surface area contributed by atoms with Gasteiger partial charge >= 0.3 is 0 Å². The lowest BCUT2D eigenvalue weighted by atomic mass is 9.64. The van der Waals surface area contributed by atoms with Crippen LogP contribution in [0.2, 0.25) is 0 Å². The van der Waals surface area contributed by atoms with Gasteiger partial charge in [-0.05, 0) is 22.3 Å². The standard InChI is InChI=1S/C30H24/c1-5-13-25(14-6-1)29(26-15-7-2-8-16-26)21-23-30(24-22-29,27-17-9-3-10-18-27)28-19-11-4-12-20-28/h1-24H. The molecule has 0 unspecified atom stereocenters. The molecule has 0 fully saturated rings. The highest BCUT2D eigenvalue weighted by molar-refractivity contribution is 5.59. The second kappa shape index (κ2) is 7.65. The monoisotopic (exact) mass is 384 g/mol. The molecule has 0 atom stereocenters. The maximum absolute atomic E-state index is 2.39. The first kappa shape index (κ1) is 18.4. The molecule has 0 nitrogen and oxygen atoms in total. The third-order valence-corrected chi connectivity index (χ3v) is 6.22. The van der Waals surface area contributed by atoms with Crippen molar-refractivity contribution in [3.63, 3.8) is 0 Å². The normalized spacial score (nSPS) is 16.3. The quantitative estimate of drug-likeness (QED) is 0.330. The second-order valence-corrected chi connectivity index (χ2v) is 7.87. The van der Waals surface area contributed by atoms with Gasteiger partial charge in [-0.15, -0.1) is 0 Å². The minimum Gasteiger partial charge on any atom is -0.0683 e. The van der Waals surface area contributed by atoms with E-state index in [1.807, 2.05) is 0 Å². The predicted molar refractivity (Wildman–Crippen MR) is 126 cm³/mol. The summed E-state index contributed by atoms with van der Waals surface area (Å²) in [4.78, 5) is 0. The number of hydrogen-bond donors (Lipinski definition) is 0. The van der Waals surface area contributed by atoms with Crippen LogP contribution in [0.3, 0.4) is 0 Å². The van der Waals surface area contributed by atoms with Crippen molar-refractivity contribution >= 4 is 0 Å². The molecule has 144 valence electrons. The van der Waals surface area contributed by atoms with Gasteiger partial charge in [-0.25, -0.2) is 0 Å². The van der Waals surface area contributed by atoms with Crippen molar-refractivity contribution in [1.82, 2.24) is 0 Å². The molecular weight excluding hydrogens is 360 g/mol. The predicted octanol–water partition coefficient (Wildman–Crippen LogP) is 7.09. The summed E-state index contributed by atoms with van der Waals surface area (Å²) in [5.74, 6) is 0. The molecule has 4 aromatic carbocycles. The molecule has 0 spiro atoms. The molecule has 30 heavy (non-hydrogen) atoms. The zero-order chi connectivity index (χ0) is 20.3. The number of benzene rings is 4. The van der Waals surface area contributed by atoms with Crippen LogP contribution in [0.15, 0.2) is 146 Å². The zero-order valence-electron chi connectivity index (χ0n) is 16.9. The van der Waals surface area contributed by atoms with Gasteiger partial charge in [0.05, 0.1) is 10.8 Å². The molecule has 0 aliphatic heterocycles. The summed E-state index contributed by atoms with van der Waals surface area (Å²) in [5, 5.41) is 0. The van der Waals surface area contributed by atoms with Crippen molar-refractivity contribution < 1.29 is 0 Å². The first-order valence-electron chi connectivity index (χ1n) is 10.5. The molecule has 1 aliphatic carbocycles. The van der Waals surface area contributed by atoms with Crippen LogP contribution in [-0.2, 0) is 10.8 Å². The molecule has 0 saturated carbocycles. The summed E-state index contributed by atoms with van der Waals surface area (Å²) in [6.07, 6.45) is 9.55. The Kier molecular flexibility index (Phi) is 4.69. The van der Waals surface area contributed by atoms with Gasteiger partial charge in [0, 0.05) is 0 Å². The lowest BCUT2D eigenvalue weighted by molar-refractivity contribution is 0.718. The highest BCUT2D eigenvalue weighted by Gasteiger charge is 2.38. The van der Waals surface area contributed by atoms with Crippen LogP contribution in [-0.4, -0.2) is 0 Å². The van der Waals surface area contributed by atoms with Crippen LogP contribution < -0.4 is 0 Å². The summed E-state index contributed by atoms with van der Waals surface area (Å²) >= 11 is 0. The molecule has 0 aromatic heterocycles. The van der Waals surface area contributed by atoms with Gasteiger partial charge in [0.15, 0.2) is 0 Å². The molecule has 0 heteroatoms. The summed E-state index contributed by atoms with van der Waals surface area (Å²) in [6.45, 7) is 0. The van der Waals surface area contributed by atoms with E-state index in [1.54, 1.807) is 0 Å². The highest BCUT2D eigenvalue weighted by Crippen LogP contribution is 2.45. The van der Waals surface area contributed by atoms with Gasteiger partial charge in [-0.3, -0.25) is 0 Å². The van der Waals surface area contributed by atoms with E-state index >= 15 is 0 Å².